The van der Waals surface area contributed by atoms with Gasteiger partial charge in [-0.2, -0.15) is 0 Å². The Balaban J connectivity index is 2.13. The van der Waals surface area contributed by atoms with Gasteiger partial charge in [0, 0.05) is 37.2 Å². The summed E-state index contributed by atoms with van der Waals surface area (Å²) < 4.78 is 0. The van der Waals surface area contributed by atoms with Gasteiger partial charge in [-0.3, -0.25) is 9.78 Å². The van der Waals surface area contributed by atoms with Gasteiger partial charge in [0.2, 0.25) is 0 Å². The monoisotopic (exact) mass is 312 g/mol. The lowest BCUT2D eigenvalue weighted by atomic mass is 10.2. The highest BCUT2D eigenvalue weighted by molar-refractivity contribution is 5.93. The van der Waals surface area contributed by atoms with Crippen LogP contribution < -0.4 is 10.2 Å². The Morgan fingerprint density at radius 2 is 1.87 bits per heavy atom. The van der Waals surface area contributed by atoms with Crippen molar-refractivity contribution in [1.82, 2.24) is 15.2 Å². The minimum atomic E-state index is -0.141. The van der Waals surface area contributed by atoms with E-state index >= 15 is 0 Å². The number of carbonyl (C=O) groups excluding carboxylic acids is 1. The van der Waals surface area contributed by atoms with Crippen molar-refractivity contribution in [3.63, 3.8) is 0 Å². The molecule has 0 fully saturated rings. The van der Waals surface area contributed by atoms with Crippen LogP contribution in [0, 0.1) is 0 Å². The standard InChI is InChI=1S/C18H24N4O/c1-4-22(15-8-6-5-7-9-15)16-10-11-19-17(14-16)18(23)20-12-13-21(2)3/h5-11,14H,4,12-13H2,1-3H3,(H,20,23). The largest absolute Gasteiger partial charge is 0.349 e. The summed E-state index contributed by atoms with van der Waals surface area (Å²) in [6, 6.07) is 13.9. The van der Waals surface area contributed by atoms with Gasteiger partial charge in [0.05, 0.1) is 0 Å². The van der Waals surface area contributed by atoms with Crippen LogP contribution in [0.3, 0.4) is 0 Å². The first-order chi connectivity index (χ1) is 11.1. The average Bonchev–Trinajstić information content (AvgIpc) is 2.56. The number of pyridine rings is 1. The number of amides is 1. The number of benzene rings is 1. The van der Waals surface area contributed by atoms with Crippen molar-refractivity contribution in [2.24, 2.45) is 0 Å². The zero-order valence-electron chi connectivity index (χ0n) is 14.0. The summed E-state index contributed by atoms with van der Waals surface area (Å²) in [4.78, 5) is 20.6. The van der Waals surface area contributed by atoms with Crippen LogP contribution in [-0.4, -0.2) is 49.5 Å². The fraction of sp³-hybridized carbons (Fsp3) is 0.333. The van der Waals surface area contributed by atoms with Gasteiger partial charge >= 0.3 is 0 Å². The van der Waals surface area contributed by atoms with Crippen molar-refractivity contribution in [3.05, 3.63) is 54.4 Å². The van der Waals surface area contributed by atoms with Crippen LogP contribution in [0.4, 0.5) is 11.4 Å². The van der Waals surface area contributed by atoms with Gasteiger partial charge in [-0.15, -0.1) is 0 Å². The molecule has 1 aromatic heterocycles. The smallest absolute Gasteiger partial charge is 0.269 e. The van der Waals surface area contributed by atoms with E-state index < -0.39 is 0 Å². The van der Waals surface area contributed by atoms with E-state index in [1.165, 1.54) is 0 Å². The summed E-state index contributed by atoms with van der Waals surface area (Å²) in [7, 11) is 3.95. The van der Waals surface area contributed by atoms with E-state index in [1.54, 1.807) is 6.20 Å². The van der Waals surface area contributed by atoms with E-state index in [-0.39, 0.29) is 5.91 Å². The molecule has 0 bridgehead atoms. The number of likely N-dealkylation sites (N-methyl/N-ethyl adjacent to an activating group) is 1. The molecule has 2 rings (SSSR count). The topological polar surface area (TPSA) is 48.5 Å². The summed E-state index contributed by atoms with van der Waals surface area (Å²) in [6.45, 7) is 4.31. The van der Waals surface area contributed by atoms with E-state index in [9.17, 15) is 4.79 Å². The fourth-order valence-corrected chi connectivity index (χ4v) is 2.32. The van der Waals surface area contributed by atoms with Crippen LogP contribution in [0.25, 0.3) is 0 Å². The van der Waals surface area contributed by atoms with Crippen LogP contribution in [-0.2, 0) is 0 Å². The van der Waals surface area contributed by atoms with Gasteiger partial charge in [-0.05, 0) is 45.3 Å². The molecule has 1 aromatic carbocycles. The third-order valence-electron chi connectivity index (χ3n) is 3.52. The molecule has 0 aliphatic carbocycles. The predicted molar refractivity (Wildman–Crippen MR) is 94.2 cm³/mol. The van der Waals surface area contributed by atoms with E-state index in [4.69, 9.17) is 0 Å². The lowest BCUT2D eigenvalue weighted by Gasteiger charge is -2.23. The van der Waals surface area contributed by atoms with Crippen LogP contribution in [0.15, 0.2) is 48.7 Å². The van der Waals surface area contributed by atoms with Gasteiger partial charge < -0.3 is 15.1 Å². The molecule has 0 unspecified atom stereocenters. The normalized spacial score (nSPS) is 10.6. The Hall–Kier alpha value is -2.40. The van der Waals surface area contributed by atoms with Crippen LogP contribution in [0.2, 0.25) is 0 Å². The van der Waals surface area contributed by atoms with Gasteiger partial charge in [0.1, 0.15) is 5.69 Å². The maximum atomic E-state index is 12.2. The average molecular weight is 312 g/mol. The summed E-state index contributed by atoms with van der Waals surface area (Å²) in [5.41, 5.74) is 2.50. The Morgan fingerprint density at radius 1 is 1.13 bits per heavy atom. The zero-order valence-corrected chi connectivity index (χ0v) is 14.0. The molecule has 0 atom stereocenters. The predicted octanol–water partition coefficient (Wildman–Crippen LogP) is 2.53. The SMILES string of the molecule is CCN(c1ccccc1)c1ccnc(C(=O)NCCN(C)C)c1. The Labute approximate surface area is 137 Å². The van der Waals surface area contributed by atoms with Crippen LogP contribution in [0.1, 0.15) is 17.4 Å². The molecule has 23 heavy (non-hydrogen) atoms. The second-order valence-electron chi connectivity index (χ2n) is 5.54. The highest BCUT2D eigenvalue weighted by atomic mass is 16.1. The number of aromatic nitrogens is 1. The number of nitrogens with zero attached hydrogens (tertiary/aromatic N) is 3. The second kappa shape index (κ2) is 8.29. The molecule has 1 heterocycles. The molecule has 5 heteroatoms. The third kappa shape index (κ3) is 4.79. The first-order valence-corrected chi connectivity index (χ1v) is 7.83. The molecule has 122 valence electrons. The maximum Gasteiger partial charge on any atom is 0.269 e. The maximum absolute atomic E-state index is 12.2. The van der Waals surface area contributed by atoms with Crippen molar-refractivity contribution >= 4 is 17.3 Å². The lowest BCUT2D eigenvalue weighted by Crippen LogP contribution is -2.32. The van der Waals surface area contributed by atoms with Crippen LogP contribution in [0.5, 0.6) is 0 Å². The molecule has 1 N–H and O–H groups in total. The van der Waals surface area contributed by atoms with Crippen molar-refractivity contribution in [2.45, 2.75) is 6.92 Å². The van der Waals surface area contributed by atoms with Gasteiger partial charge in [0.25, 0.3) is 5.91 Å². The molecular weight excluding hydrogens is 288 g/mol. The second-order valence-corrected chi connectivity index (χ2v) is 5.54. The number of carbonyl (C=O) groups is 1. The molecule has 1 amide bonds. The number of nitrogens with one attached hydrogen (secondary N) is 1. The first-order valence-electron chi connectivity index (χ1n) is 7.83. The highest BCUT2D eigenvalue weighted by Gasteiger charge is 2.11. The number of hydrogen-bond acceptors (Lipinski definition) is 4. The fourth-order valence-electron chi connectivity index (χ4n) is 2.32. The van der Waals surface area contributed by atoms with Crippen molar-refractivity contribution < 1.29 is 4.79 Å². The van der Waals surface area contributed by atoms with E-state index in [0.717, 1.165) is 24.5 Å². The summed E-state index contributed by atoms with van der Waals surface area (Å²) in [6.07, 6.45) is 1.68. The Morgan fingerprint density at radius 3 is 2.52 bits per heavy atom. The molecule has 5 nitrogen and oxygen atoms in total. The number of anilines is 2. The van der Waals surface area contributed by atoms with E-state index in [1.807, 2.05) is 49.3 Å². The minimum absolute atomic E-state index is 0.141. The number of rotatable bonds is 7. The van der Waals surface area contributed by atoms with Crippen LogP contribution >= 0.6 is 0 Å². The quantitative estimate of drug-likeness (QED) is 0.853. The Kier molecular flexibility index (Phi) is 6.11. The van der Waals surface area contributed by atoms with Gasteiger partial charge in [-0.1, -0.05) is 18.2 Å². The third-order valence-corrected chi connectivity index (χ3v) is 3.52. The van der Waals surface area contributed by atoms with Gasteiger partial charge in [-0.25, -0.2) is 0 Å². The molecule has 0 aliphatic rings. The van der Waals surface area contributed by atoms with E-state index in [0.29, 0.717) is 12.2 Å². The molecular formula is C18H24N4O. The minimum Gasteiger partial charge on any atom is -0.349 e. The molecule has 0 spiro atoms. The lowest BCUT2D eigenvalue weighted by molar-refractivity contribution is 0.0946. The number of para-hydroxylation sites is 1. The summed E-state index contributed by atoms with van der Waals surface area (Å²) in [5.74, 6) is -0.141. The first kappa shape index (κ1) is 17.0. The van der Waals surface area contributed by atoms with E-state index in [2.05, 4.69) is 34.3 Å². The highest BCUT2D eigenvalue weighted by Crippen LogP contribution is 2.24. The van der Waals surface area contributed by atoms with Crippen molar-refractivity contribution in [2.75, 3.05) is 38.6 Å². The zero-order chi connectivity index (χ0) is 16.7. The molecule has 2 aromatic rings. The van der Waals surface area contributed by atoms with Crippen molar-refractivity contribution in [1.29, 1.82) is 0 Å². The molecule has 0 radical (unpaired) electrons. The molecule has 0 saturated heterocycles. The van der Waals surface area contributed by atoms with Crippen molar-refractivity contribution in [3.8, 4) is 0 Å². The number of hydrogen-bond donors (Lipinski definition) is 1. The summed E-state index contributed by atoms with van der Waals surface area (Å²) in [5, 5.41) is 2.89. The Bertz CT molecular complexity index is 628. The van der Waals surface area contributed by atoms with Gasteiger partial charge in [0.15, 0.2) is 0 Å². The molecule has 0 aliphatic heterocycles. The molecule has 0 saturated carbocycles. The summed E-state index contributed by atoms with van der Waals surface area (Å²) >= 11 is 0.